The van der Waals surface area contributed by atoms with Crippen LogP contribution in [0.25, 0.3) is 6.08 Å². The highest BCUT2D eigenvalue weighted by Crippen LogP contribution is 2.27. The van der Waals surface area contributed by atoms with E-state index in [4.69, 9.17) is 9.47 Å². The SMILES string of the molecule is COc1ccc(/C=C/C(=O)NCCc2ccc(OC(F)F)cc2)cc1OC. The molecule has 0 aliphatic carbocycles. The first-order valence-corrected chi connectivity index (χ1v) is 8.23. The summed E-state index contributed by atoms with van der Waals surface area (Å²) in [5.41, 5.74) is 1.71. The van der Waals surface area contributed by atoms with E-state index in [0.717, 1.165) is 11.1 Å². The van der Waals surface area contributed by atoms with E-state index in [1.54, 1.807) is 44.6 Å². The summed E-state index contributed by atoms with van der Waals surface area (Å²) < 4.78 is 38.9. The zero-order valence-electron chi connectivity index (χ0n) is 15.1. The van der Waals surface area contributed by atoms with Gasteiger partial charge in [-0.3, -0.25) is 4.79 Å². The van der Waals surface area contributed by atoms with Gasteiger partial charge in [0.25, 0.3) is 0 Å². The van der Waals surface area contributed by atoms with E-state index in [1.807, 2.05) is 6.07 Å². The quantitative estimate of drug-likeness (QED) is 0.678. The molecule has 5 nitrogen and oxygen atoms in total. The van der Waals surface area contributed by atoms with Gasteiger partial charge in [0.05, 0.1) is 14.2 Å². The highest BCUT2D eigenvalue weighted by Gasteiger charge is 2.05. The number of hydrogen-bond acceptors (Lipinski definition) is 4. The van der Waals surface area contributed by atoms with Gasteiger partial charge >= 0.3 is 6.61 Å². The predicted molar refractivity (Wildman–Crippen MR) is 98.4 cm³/mol. The molecule has 0 aromatic heterocycles. The standard InChI is InChI=1S/C20H21F2NO4/c1-25-17-9-5-15(13-18(17)26-2)6-10-19(24)23-12-11-14-3-7-16(8-4-14)27-20(21)22/h3-10,13,20H,11-12H2,1-2H3,(H,23,24)/b10-6+. The van der Waals surface area contributed by atoms with Crippen LogP contribution in [0.3, 0.4) is 0 Å². The van der Waals surface area contributed by atoms with E-state index in [2.05, 4.69) is 10.1 Å². The van der Waals surface area contributed by atoms with Crippen LogP contribution in [-0.2, 0) is 11.2 Å². The fourth-order valence-corrected chi connectivity index (χ4v) is 2.35. The molecule has 0 bridgehead atoms. The fraction of sp³-hybridized carbons (Fsp3) is 0.250. The van der Waals surface area contributed by atoms with Crippen LogP contribution in [0.2, 0.25) is 0 Å². The Balaban J connectivity index is 1.81. The van der Waals surface area contributed by atoms with Gasteiger partial charge in [0.1, 0.15) is 5.75 Å². The van der Waals surface area contributed by atoms with Gasteiger partial charge in [0, 0.05) is 12.6 Å². The molecule has 1 N–H and O–H groups in total. The third-order valence-corrected chi connectivity index (χ3v) is 3.70. The van der Waals surface area contributed by atoms with Crippen LogP contribution in [0.5, 0.6) is 17.2 Å². The Morgan fingerprint density at radius 3 is 2.41 bits per heavy atom. The summed E-state index contributed by atoms with van der Waals surface area (Å²) in [5, 5.41) is 2.77. The minimum absolute atomic E-state index is 0.107. The number of hydrogen-bond donors (Lipinski definition) is 1. The number of ether oxygens (including phenoxy) is 3. The summed E-state index contributed by atoms with van der Waals surface area (Å²) in [5.74, 6) is 1.07. The molecule has 144 valence electrons. The van der Waals surface area contributed by atoms with Gasteiger partial charge in [0.15, 0.2) is 11.5 Å². The number of rotatable bonds is 9. The molecule has 2 rings (SSSR count). The highest BCUT2D eigenvalue weighted by atomic mass is 19.3. The van der Waals surface area contributed by atoms with Gasteiger partial charge in [-0.2, -0.15) is 8.78 Å². The second-order valence-electron chi connectivity index (χ2n) is 5.51. The third-order valence-electron chi connectivity index (χ3n) is 3.70. The van der Waals surface area contributed by atoms with E-state index in [0.29, 0.717) is 24.5 Å². The Bertz CT molecular complexity index is 776. The average molecular weight is 377 g/mol. The zero-order valence-corrected chi connectivity index (χ0v) is 15.1. The molecule has 1 amide bonds. The van der Waals surface area contributed by atoms with Crippen molar-refractivity contribution < 1.29 is 27.8 Å². The van der Waals surface area contributed by atoms with Crippen molar-refractivity contribution in [1.29, 1.82) is 0 Å². The number of carbonyl (C=O) groups excluding carboxylic acids is 1. The van der Waals surface area contributed by atoms with E-state index in [-0.39, 0.29) is 11.7 Å². The normalized spacial score (nSPS) is 10.9. The molecule has 0 radical (unpaired) electrons. The number of alkyl halides is 2. The molecule has 0 unspecified atom stereocenters. The van der Waals surface area contributed by atoms with Crippen LogP contribution in [0.15, 0.2) is 48.5 Å². The van der Waals surface area contributed by atoms with Crippen LogP contribution in [0, 0.1) is 0 Å². The van der Waals surface area contributed by atoms with Crippen LogP contribution < -0.4 is 19.5 Å². The summed E-state index contributed by atoms with van der Waals surface area (Å²) >= 11 is 0. The van der Waals surface area contributed by atoms with E-state index >= 15 is 0 Å². The Morgan fingerprint density at radius 1 is 1.07 bits per heavy atom. The Morgan fingerprint density at radius 2 is 1.78 bits per heavy atom. The molecule has 0 aliphatic rings. The predicted octanol–water partition coefficient (Wildman–Crippen LogP) is 3.68. The lowest BCUT2D eigenvalue weighted by Gasteiger charge is -2.07. The second-order valence-corrected chi connectivity index (χ2v) is 5.51. The highest BCUT2D eigenvalue weighted by molar-refractivity contribution is 5.91. The number of carbonyl (C=O) groups is 1. The maximum atomic E-state index is 12.1. The van der Waals surface area contributed by atoms with Gasteiger partial charge in [-0.05, 0) is 47.9 Å². The first-order valence-electron chi connectivity index (χ1n) is 8.23. The van der Waals surface area contributed by atoms with Crippen molar-refractivity contribution in [1.82, 2.24) is 5.32 Å². The molecule has 0 spiro atoms. The minimum atomic E-state index is -2.84. The van der Waals surface area contributed by atoms with Crippen molar-refractivity contribution >= 4 is 12.0 Å². The van der Waals surface area contributed by atoms with E-state index < -0.39 is 6.61 Å². The Labute approximate surface area is 156 Å². The van der Waals surface area contributed by atoms with Gasteiger partial charge in [-0.15, -0.1) is 0 Å². The first-order chi connectivity index (χ1) is 13.0. The summed E-state index contributed by atoms with van der Waals surface area (Å²) in [7, 11) is 3.10. The summed E-state index contributed by atoms with van der Waals surface area (Å²) in [6, 6.07) is 11.7. The lowest BCUT2D eigenvalue weighted by atomic mass is 10.1. The van der Waals surface area contributed by atoms with Gasteiger partial charge in [0.2, 0.25) is 5.91 Å². The van der Waals surface area contributed by atoms with Crippen LogP contribution in [-0.4, -0.2) is 33.3 Å². The van der Waals surface area contributed by atoms with Gasteiger partial charge in [-0.25, -0.2) is 0 Å². The van der Waals surface area contributed by atoms with Crippen LogP contribution in [0.1, 0.15) is 11.1 Å². The topological polar surface area (TPSA) is 56.8 Å². The van der Waals surface area contributed by atoms with Crippen molar-refractivity contribution in [2.75, 3.05) is 20.8 Å². The number of amides is 1. The van der Waals surface area contributed by atoms with Gasteiger partial charge in [-0.1, -0.05) is 18.2 Å². The molecule has 7 heteroatoms. The van der Waals surface area contributed by atoms with E-state index in [1.165, 1.54) is 18.2 Å². The molecular weight excluding hydrogens is 356 g/mol. The Kier molecular flexibility index (Phi) is 7.61. The lowest BCUT2D eigenvalue weighted by molar-refractivity contribution is -0.116. The third kappa shape index (κ3) is 6.62. The molecule has 0 fully saturated rings. The summed E-state index contributed by atoms with van der Waals surface area (Å²) in [6.45, 7) is -2.42. The molecule has 0 aliphatic heterocycles. The van der Waals surface area contributed by atoms with Crippen LogP contribution >= 0.6 is 0 Å². The van der Waals surface area contributed by atoms with Crippen LogP contribution in [0.4, 0.5) is 8.78 Å². The fourth-order valence-electron chi connectivity index (χ4n) is 2.35. The molecule has 2 aromatic rings. The van der Waals surface area contributed by atoms with Crippen molar-refractivity contribution in [3.63, 3.8) is 0 Å². The number of nitrogens with one attached hydrogen (secondary N) is 1. The smallest absolute Gasteiger partial charge is 0.387 e. The largest absolute Gasteiger partial charge is 0.493 e. The van der Waals surface area contributed by atoms with Crippen molar-refractivity contribution in [2.45, 2.75) is 13.0 Å². The van der Waals surface area contributed by atoms with Crippen molar-refractivity contribution in [3.8, 4) is 17.2 Å². The number of benzene rings is 2. The summed E-state index contributed by atoms with van der Waals surface area (Å²) in [4.78, 5) is 11.9. The summed E-state index contributed by atoms with van der Waals surface area (Å²) in [6.07, 6.45) is 3.68. The van der Waals surface area contributed by atoms with Crippen molar-refractivity contribution in [2.24, 2.45) is 0 Å². The first kappa shape index (κ1) is 20.2. The number of halogens is 2. The monoisotopic (exact) mass is 377 g/mol. The molecule has 0 atom stereocenters. The zero-order chi connectivity index (χ0) is 19.6. The Hall–Kier alpha value is -3.09. The maximum Gasteiger partial charge on any atom is 0.387 e. The molecule has 27 heavy (non-hydrogen) atoms. The van der Waals surface area contributed by atoms with Gasteiger partial charge < -0.3 is 19.5 Å². The minimum Gasteiger partial charge on any atom is -0.493 e. The molecule has 2 aromatic carbocycles. The average Bonchev–Trinajstić information content (AvgIpc) is 2.67. The number of methoxy groups -OCH3 is 2. The molecule has 0 heterocycles. The molecule has 0 saturated carbocycles. The van der Waals surface area contributed by atoms with Crippen molar-refractivity contribution in [3.05, 3.63) is 59.7 Å². The van der Waals surface area contributed by atoms with E-state index in [9.17, 15) is 13.6 Å². The molecule has 0 saturated heterocycles. The maximum absolute atomic E-state index is 12.1. The molecular formula is C20H21F2NO4. The second kappa shape index (κ2) is 10.2. The lowest BCUT2D eigenvalue weighted by Crippen LogP contribution is -2.23.